The lowest BCUT2D eigenvalue weighted by atomic mass is 9.97. The van der Waals surface area contributed by atoms with Crippen LogP contribution in [0.1, 0.15) is 32.0 Å². The molecule has 0 aliphatic heterocycles. The van der Waals surface area contributed by atoms with E-state index in [0.717, 1.165) is 12.1 Å². The highest BCUT2D eigenvalue weighted by Gasteiger charge is 2.18. The number of hydrogen-bond donors (Lipinski definition) is 2. The van der Waals surface area contributed by atoms with E-state index in [4.69, 9.17) is 5.84 Å². The van der Waals surface area contributed by atoms with E-state index in [1.54, 1.807) is 6.33 Å². The molecular weight excluding hydrogens is 164 g/mol. The van der Waals surface area contributed by atoms with Gasteiger partial charge in [-0.3, -0.25) is 11.3 Å². The molecule has 0 aromatic carbocycles. The largest absolute Gasteiger partial charge is 0.340 e. The van der Waals surface area contributed by atoms with Crippen LogP contribution in [0.15, 0.2) is 12.5 Å². The van der Waals surface area contributed by atoms with E-state index >= 15 is 0 Å². The average molecular weight is 182 g/mol. The molecule has 0 saturated heterocycles. The molecule has 0 bridgehead atoms. The van der Waals surface area contributed by atoms with Crippen molar-refractivity contribution in [2.45, 2.75) is 26.3 Å². The molecule has 1 aromatic heterocycles. The minimum absolute atomic E-state index is 0.159. The van der Waals surface area contributed by atoms with Crippen LogP contribution in [0.4, 0.5) is 0 Å². The third-order valence-corrected chi connectivity index (χ3v) is 2.44. The van der Waals surface area contributed by atoms with Gasteiger partial charge in [0.05, 0.1) is 18.1 Å². The summed E-state index contributed by atoms with van der Waals surface area (Å²) >= 11 is 0. The van der Waals surface area contributed by atoms with Crippen LogP contribution >= 0.6 is 0 Å². The van der Waals surface area contributed by atoms with Gasteiger partial charge in [0, 0.05) is 13.2 Å². The summed E-state index contributed by atoms with van der Waals surface area (Å²) in [6.07, 6.45) is 4.88. The normalized spacial score (nSPS) is 15.7. The topological polar surface area (TPSA) is 55.9 Å². The van der Waals surface area contributed by atoms with Gasteiger partial charge in [-0.25, -0.2) is 4.98 Å². The predicted octanol–water partition coefficient (Wildman–Crippen LogP) is 0.971. The van der Waals surface area contributed by atoms with E-state index in [0.29, 0.717) is 5.92 Å². The van der Waals surface area contributed by atoms with Gasteiger partial charge in [0.1, 0.15) is 0 Å². The van der Waals surface area contributed by atoms with Crippen molar-refractivity contribution in [3.63, 3.8) is 0 Å². The van der Waals surface area contributed by atoms with Crippen LogP contribution in [0.3, 0.4) is 0 Å². The number of nitrogens with zero attached hydrogens (tertiary/aromatic N) is 2. The lowest BCUT2D eigenvalue weighted by molar-refractivity contribution is 0.376. The fourth-order valence-corrected chi connectivity index (χ4v) is 1.37. The van der Waals surface area contributed by atoms with Crippen LogP contribution in [0, 0.1) is 5.92 Å². The second kappa shape index (κ2) is 4.39. The Bertz CT molecular complexity index is 256. The van der Waals surface area contributed by atoms with Crippen LogP contribution in [0.5, 0.6) is 0 Å². The zero-order valence-electron chi connectivity index (χ0n) is 8.49. The second-order valence-electron chi connectivity index (χ2n) is 3.49. The van der Waals surface area contributed by atoms with Crippen molar-refractivity contribution in [3.05, 3.63) is 18.2 Å². The zero-order chi connectivity index (χ0) is 9.84. The first kappa shape index (κ1) is 10.2. The van der Waals surface area contributed by atoms with E-state index in [9.17, 15) is 0 Å². The summed E-state index contributed by atoms with van der Waals surface area (Å²) in [5.74, 6) is 5.99. The molecule has 0 aliphatic rings. The maximum atomic E-state index is 5.49. The quantitative estimate of drug-likeness (QED) is 0.539. The third kappa shape index (κ3) is 2.29. The highest BCUT2D eigenvalue weighted by atomic mass is 15.2. The summed E-state index contributed by atoms with van der Waals surface area (Å²) in [5, 5.41) is 0. The van der Waals surface area contributed by atoms with Crippen molar-refractivity contribution in [1.29, 1.82) is 0 Å². The lowest BCUT2D eigenvalue weighted by Gasteiger charge is -2.19. The van der Waals surface area contributed by atoms with Gasteiger partial charge in [0.15, 0.2) is 0 Å². The summed E-state index contributed by atoms with van der Waals surface area (Å²) < 4.78 is 1.93. The molecule has 0 fully saturated rings. The summed E-state index contributed by atoms with van der Waals surface area (Å²) in [7, 11) is 1.96. The highest BCUT2D eigenvalue weighted by molar-refractivity contribution is 5.04. The Balaban J connectivity index is 2.77. The molecule has 0 spiro atoms. The average Bonchev–Trinajstić information content (AvgIpc) is 2.53. The minimum Gasteiger partial charge on any atom is -0.340 e. The fourth-order valence-electron chi connectivity index (χ4n) is 1.37. The van der Waals surface area contributed by atoms with Gasteiger partial charge in [-0.05, 0) is 5.92 Å². The Morgan fingerprint density at radius 1 is 1.69 bits per heavy atom. The van der Waals surface area contributed by atoms with Gasteiger partial charge < -0.3 is 4.57 Å². The standard InChI is InChI=1S/C9H18N4/c1-4-7(2)9(12-10)8-5-13(3)6-11-8/h5-7,9,12H,4,10H2,1-3H3. The number of nitrogens with two attached hydrogens (primary N) is 1. The van der Waals surface area contributed by atoms with Crippen molar-refractivity contribution in [1.82, 2.24) is 15.0 Å². The molecule has 1 rings (SSSR count). The first-order valence-electron chi connectivity index (χ1n) is 4.63. The Hall–Kier alpha value is -0.870. The molecule has 0 saturated carbocycles. The van der Waals surface area contributed by atoms with Gasteiger partial charge in [-0.1, -0.05) is 20.3 Å². The number of aryl methyl sites for hydroxylation is 1. The first-order valence-corrected chi connectivity index (χ1v) is 4.63. The molecule has 2 atom stereocenters. The Labute approximate surface area is 79.1 Å². The molecule has 1 aromatic rings. The predicted molar refractivity (Wildman–Crippen MR) is 52.7 cm³/mol. The molecule has 0 aliphatic carbocycles. The van der Waals surface area contributed by atoms with Gasteiger partial charge in [-0.15, -0.1) is 0 Å². The van der Waals surface area contributed by atoms with Crippen molar-refractivity contribution in [2.75, 3.05) is 0 Å². The second-order valence-corrected chi connectivity index (χ2v) is 3.49. The molecule has 0 radical (unpaired) electrons. The number of hydrazine groups is 1. The Morgan fingerprint density at radius 2 is 2.38 bits per heavy atom. The van der Waals surface area contributed by atoms with Crippen molar-refractivity contribution in [3.8, 4) is 0 Å². The maximum Gasteiger partial charge on any atom is 0.0947 e. The van der Waals surface area contributed by atoms with Crippen LogP contribution < -0.4 is 11.3 Å². The van der Waals surface area contributed by atoms with E-state index in [1.165, 1.54) is 0 Å². The Kier molecular flexibility index (Phi) is 3.45. The number of aromatic nitrogens is 2. The number of imidazole rings is 1. The van der Waals surface area contributed by atoms with Crippen LogP contribution in [0.2, 0.25) is 0 Å². The SMILES string of the molecule is CCC(C)C(NN)c1cn(C)cn1. The number of rotatable bonds is 4. The van der Waals surface area contributed by atoms with Gasteiger partial charge >= 0.3 is 0 Å². The molecular formula is C9H18N4. The van der Waals surface area contributed by atoms with Gasteiger partial charge in [0.2, 0.25) is 0 Å². The van der Waals surface area contributed by atoms with E-state index < -0.39 is 0 Å². The number of hydrogen-bond acceptors (Lipinski definition) is 3. The Morgan fingerprint density at radius 3 is 2.77 bits per heavy atom. The molecule has 13 heavy (non-hydrogen) atoms. The third-order valence-electron chi connectivity index (χ3n) is 2.44. The molecule has 0 amide bonds. The van der Waals surface area contributed by atoms with Crippen molar-refractivity contribution >= 4 is 0 Å². The van der Waals surface area contributed by atoms with E-state index in [2.05, 4.69) is 24.3 Å². The van der Waals surface area contributed by atoms with Crippen molar-refractivity contribution < 1.29 is 0 Å². The van der Waals surface area contributed by atoms with Crippen LogP contribution in [-0.2, 0) is 7.05 Å². The lowest BCUT2D eigenvalue weighted by Crippen LogP contribution is -2.32. The van der Waals surface area contributed by atoms with E-state index in [1.807, 2.05) is 17.8 Å². The highest BCUT2D eigenvalue weighted by Crippen LogP contribution is 2.21. The first-order chi connectivity index (χ1) is 6.19. The maximum absolute atomic E-state index is 5.49. The van der Waals surface area contributed by atoms with Crippen LogP contribution in [0.25, 0.3) is 0 Å². The van der Waals surface area contributed by atoms with Gasteiger partial charge in [0.25, 0.3) is 0 Å². The number of nitrogens with one attached hydrogen (secondary N) is 1. The summed E-state index contributed by atoms with van der Waals surface area (Å²) in [6, 6.07) is 0.159. The minimum atomic E-state index is 0.159. The van der Waals surface area contributed by atoms with Gasteiger partial charge in [-0.2, -0.15) is 0 Å². The van der Waals surface area contributed by atoms with E-state index in [-0.39, 0.29) is 6.04 Å². The summed E-state index contributed by atoms with van der Waals surface area (Å²) in [4.78, 5) is 4.28. The molecule has 3 N–H and O–H groups in total. The molecule has 4 nitrogen and oxygen atoms in total. The van der Waals surface area contributed by atoms with Crippen molar-refractivity contribution in [2.24, 2.45) is 18.8 Å². The fraction of sp³-hybridized carbons (Fsp3) is 0.667. The summed E-state index contributed by atoms with van der Waals surface area (Å²) in [5.41, 5.74) is 3.82. The molecule has 4 heteroatoms. The molecule has 1 heterocycles. The monoisotopic (exact) mass is 182 g/mol. The van der Waals surface area contributed by atoms with Crippen LogP contribution in [-0.4, -0.2) is 9.55 Å². The molecule has 2 unspecified atom stereocenters. The summed E-state index contributed by atoms with van der Waals surface area (Å²) in [6.45, 7) is 4.32. The molecule has 74 valence electrons. The zero-order valence-corrected chi connectivity index (χ0v) is 8.49. The smallest absolute Gasteiger partial charge is 0.0947 e.